The fourth-order valence-corrected chi connectivity index (χ4v) is 3.02. The Balaban J connectivity index is 0.00000225. The lowest BCUT2D eigenvalue weighted by molar-refractivity contribution is 0.0347. The van der Waals surface area contributed by atoms with Crippen LogP contribution in [0.25, 0.3) is 0 Å². The number of aliphatic imine (C=N–C) groups is 1. The van der Waals surface area contributed by atoms with E-state index in [9.17, 15) is 4.39 Å². The van der Waals surface area contributed by atoms with Crippen LogP contribution in [0.5, 0.6) is 0 Å². The maximum absolute atomic E-state index is 13.8. The van der Waals surface area contributed by atoms with Gasteiger partial charge in [0.2, 0.25) is 0 Å². The van der Waals surface area contributed by atoms with E-state index >= 15 is 0 Å². The van der Waals surface area contributed by atoms with E-state index in [0.717, 1.165) is 31.0 Å². The molecule has 1 aliphatic heterocycles. The number of benzene rings is 1. The van der Waals surface area contributed by atoms with E-state index in [2.05, 4.69) is 22.5 Å². The average molecular weight is 463 g/mol. The summed E-state index contributed by atoms with van der Waals surface area (Å²) in [5.74, 6) is 0.819. The second kappa shape index (κ2) is 9.68. The summed E-state index contributed by atoms with van der Waals surface area (Å²) in [6, 6.07) is 7.35. The van der Waals surface area contributed by atoms with Gasteiger partial charge in [0.25, 0.3) is 0 Å². The van der Waals surface area contributed by atoms with Gasteiger partial charge in [0.1, 0.15) is 5.82 Å². The first-order chi connectivity index (χ1) is 11.7. The third-order valence-electron chi connectivity index (χ3n) is 4.49. The Hall–Kier alpha value is -0.930. The van der Waals surface area contributed by atoms with Gasteiger partial charge >= 0.3 is 0 Å². The van der Waals surface area contributed by atoms with Crippen molar-refractivity contribution in [2.45, 2.75) is 43.9 Å². The molecule has 1 aromatic carbocycles. The minimum absolute atomic E-state index is 0. The number of hydrogen-bond donors (Lipinski definition) is 2. The van der Waals surface area contributed by atoms with Crippen LogP contribution in [0.1, 0.15) is 31.2 Å². The van der Waals surface area contributed by atoms with Gasteiger partial charge in [-0.1, -0.05) is 18.2 Å². The van der Waals surface area contributed by atoms with E-state index in [-0.39, 0.29) is 53.9 Å². The summed E-state index contributed by atoms with van der Waals surface area (Å²) in [4.78, 5) is 4.26. The number of nitrogens with one attached hydrogen (secondary N) is 2. The van der Waals surface area contributed by atoms with Gasteiger partial charge < -0.3 is 20.1 Å². The summed E-state index contributed by atoms with van der Waals surface area (Å²) in [6.07, 6.45) is 2.09. The van der Waals surface area contributed by atoms with Crippen LogP contribution in [0, 0.1) is 5.82 Å². The Labute approximate surface area is 165 Å². The Morgan fingerprint density at radius 2 is 2.24 bits per heavy atom. The van der Waals surface area contributed by atoms with Gasteiger partial charge in [-0.25, -0.2) is 4.39 Å². The van der Waals surface area contributed by atoms with Crippen molar-refractivity contribution in [2.24, 2.45) is 4.99 Å². The summed E-state index contributed by atoms with van der Waals surface area (Å²) in [5.41, 5.74) is 0.781. The number of hydrogen-bond acceptors (Lipinski definition) is 3. The lowest BCUT2D eigenvalue weighted by Crippen LogP contribution is -2.45. The number of guanidine groups is 1. The molecule has 1 aliphatic carbocycles. The SMILES string of the molecule is CN=C(NC(C)COC1CCOC1)NC1CC1c1ccccc1F.I. The van der Waals surface area contributed by atoms with E-state index in [1.54, 1.807) is 13.1 Å². The van der Waals surface area contributed by atoms with Gasteiger partial charge in [-0.15, -0.1) is 24.0 Å². The fraction of sp³-hybridized carbons (Fsp3) is 0.611. The van der Waals surface area contributed by atoms with Crippen LogP contribution in [-0.4, -0.2) is 51.0 Å². The van der Waals surface area contributed by atoms with Gasteiger partial charge in [0.15, 0.2) is 5.96 Å². The zero-order valence-corrected chi connectivity index (χ0v) is 17.0. The predicted molar refractivity (Wildman–Crippen MR) is 107 cm³/mol. The summed E-state index contributed by atoms with van der Waals surface area (Å²) in [6.45, 7) is 4.14. The Morgan fingerprint density at radius 1 is 1.44 bits per heavy atom. The zero-order chi connectivity index (χ0) is 16.9. The first-order valence-electron chi connectivity index (χ1n) is 8.61. The normalized spacial score (nSPS) is 26.7. The van der Waals surface area contributed by atoms with Crippen LogP contribution < -0.4 is 10.6 Å². The molecule has 1 saturated heterocycles. The summed E-state index contributed by atoms with van der Waals surface area (Å²) < 4.78 is 25.0. The largest absolute Gasteiger partial charge is 0.379 e. The Kier molecular flexibility index (Phi) is 7.89. The molecule has 0 amide bonds. The molecule has 0 spiro atoms. The third-order valence-corrected chi connectivity index (χ3v) is 4.49. The minimum Gasteiger partial charge on any atom is -0.379 e. The van der Waals surface area contributed by atoms with Crippen LogP contribution in [-0.2, 0) is 9.47 Å². The molecule has 4 unspecified atom stereocenters. The predicted octanol–water partition coefficient (Wildman–Crippen LogP) is 2.66. The highest BCUT2D eigenvalue weighted by Crippen LogP contribution is 2.41. The summed E-state index contributed by atoms with van der Waals surface area (Å²) >= 11 is 0. The molecule has 5 nitrogen and oxygen atoms in total. The van der Waals surface area contributed by atoms with Gasteiger partial charge in [-0.3, -0.25) is 4.99 Å². The molecular weight excluding hydrogens is 436 g/mol. The van der Waals surface area contributed by atoms with Crippen molar-refractivity contribution < 1.29 is 13.9 Å². The van der Waals surface area contributed by atoms with Crippen LogP contribution in [0.15, 0.2) is 29.3 Å². The van der Waals surface area contributed by atoms with Crippen molar-refractivity contribution in [2.75, 3.05) is 26.9 Å². The minimum atomic E-state index is -0.129. The molecular formula is C18H27FIN3O2. The maximum Gasteiger partial charge on any atom is 0.191 e. The second-order valence-electron chi connectivity index (χ2n) is 6.55. The molecule has 2 fully saturated rings. The monoisotopic (exact) mass is 463 g/mol. The van der Waals surface area contributed by atoms with E-state index < -0.39 is 0 Å². The molecule has 2 N–H and O–H groups in total. The van der Waals surface area contributed by atoms with Crippen molar-refractivity contribution in [1.29, 1.82) is 0 Å². The molecule has 1 heterocycles. The molecule has 1 aromatic rings. The van der Waals surface area contributed by atoms with E-state index in [1.165, 1.54) is 6.07 Å². The standard InChI is InChI=1S/C18H26FN3O2.HI/c1-12(10-24-13-7-8-23-11-13)21-18(20-2)22-17-9-15(17)14-5-3-4-6-16(14)19;/h3-6,12-13,15,17H,7-11H2,1-2H3,(H2,20,21,22);1H. The van der Waals surface area contributed by atoms with Crippen LogP contribution >= 0.6 is 24.0 Å². The van der Waals surface area contributed by atoms with Crippen molar-refractivity contribution >= 4 is 29.9 Å². The molecule has 140 valence electrons. The van der Waals surface area contributed by atoms with Crippen molar-refractivity contribution in [1.82, 2.24) is 10.6 Å². The number of halogens is 2. The molecule has 3 rings (SSSR count). The van der Waals surface area contributed by atoms with Gasteiger partial charge in [0, 0.05) is 31.7 Å². The first-order valence-corrected chi connectivity index (χ1v) is 8.61. The number of ether oxygens (including phenoxy) is 2. The van der Waals surface area contributed by atoms with Crippen LogP contribution in [0.4, 0.5) is 4.39 Å². The average Bonchev–Trinajstić information content (AvgIpc) is 3.13. The third kappa shape index (κ3) is 5.79. The lowest BCUT2D eigenvalue weighted by atomic mass is 10.1. The van der Waals surface area contributed by atoms with Gasteiger partial charge in [-0.05, 0) is 31.4 Å². The van der Waals surface area contributed by atoms with Gasteiger partial charge in [-0.2, -0.15) is 0 Å². The van der Waals surface area contributed by atoms with Crippen molar-refractivity contribution in [3.05, 3.63) is 35.6 Å². The highest BCUT2D eigenvalue weighted by atomic mass is 127. The van der Waals surface area contributed by atoms with Gasteiger partial charge in [0.05, 0.1) is 19.3 Å². The van der Waals surface area contributed by atoms with Crippen molar-refractivity contribution in [3.8, 4) is 0 Å². The fourth-order valence-electron chi connectivity index (χ4n) is 3.02. The van der Waals surface area contributed by atoms with Crippen LogP contribution in [0.3, 0.4) is 0 Å². The smallest absolute Gasteiger partial charge is 0.191 e. The van der Waals surface area contributed by atoms with E-state index in [4.69, 9.17) is 9.47 Å². The Morgan fingerprint density at radius 3 is 2.92 bits per heavy atom. The lowest BCUT2D eigenvalue weighted by Gasteiger charge is -2.19. The molecule has 4 atom stereocenters. The van der Waals surface area contributed by atoms with Crippen LogP contribution in [0.2, 0.25) is 0 Å². The zero-order valence-electron chi connectivity index (χ0n) is 14.7. The summed E-state index contributed by atoms with van der Waals surface area (Å²) in [5, 5.41) is 6.70. The maximum atomic E-state index is 13.8. The molecule has 25 heavy (non-hydrogen) atoms. The molecule has 1 saturated carbocycles. The number of rotatable bonds is 6. The summed E-state index contributed by atoms with van der Waals surface area (Å²) in [7, 11) is 1.74. The highest BCUT2D eigenvalue weighted by Gasteiger charge is 2.40. The molecule has 0 bridgehead atoms. The Bertz CT molecular complexity index is 581. The number of nitrogens with zero attached hydrogens (tertiary/aromatic N) is 1. The topological polar surface area (TPSA) is 54.9 Å². The van der Waals surface area contributed by atoms with Crippen molar-refractivity contribution in [3.63, 3.8) is 0 Å². The molecule has 0 aromatic heterocycles. The molecule has 7 heteroatoms. The first kappa shape index (κ1) is 20.4. The second-order valence-corrected chi connectivity index (χ2v) is 6.55. The molecule has 2 aliphatic rings. The molecule has 0 radical (unpaired) electrons. The van der Waals surface area contributed by atoms with E-state index in [0.29, 0.717) is 13.2 Å². The highest BCUT2D eigenvalue weighted by molar-refractivity contribution is 14.0. The van der Waals surface area contributed by atoms with E-state index in [1.807, 2.05) is 12.1 Å². The quantitative estimate of drug-likeness (QED) is 0.387.